The van der Waals surface area contributed by atoms with Gasteiger partial charge in [0.1, 0.15) is 5.76 Å². The Morgan fingerprint density at radius 1 is 1.39 bits per heavy atom. The molecular weight excluding hydrogens is 259 g/mol. The van der Waals surface area contributed by atoms with Crippen molar-refractivity contribution in [1.29, 1.82) is 0 Å². The van der Waals surface area contributed by atoms with Crippen LogP contribution >= 0.6 is 11.6 Å². The van der Waals surface area contributed by atoms with Crippen molar-refractivity contribution >= 4 is 23.2 Å². The minimum absolute atomic E-state index is 0.00167. The van der Waals surface area contributed by atoms with Gasteiger partial charge in [0.2, 0.25) is 0 Å². The van der Waals surface area contributed by atoms with Crippen molar-refractivity contribution in [1.82, 2.24) is 0 Å². The number of nitrogens with two attached hydrogens (primary N) is 1. The van der Waals surface area contributed by atoms with Crippen LogP contribution in [0.25, 0.3) is 0 Å². The smallest absolute Gasteiger partial charge is 0.291 e. The van der Waals surface area contributed by atoms with Crippen LogP contribution in [0.15, 0.2) is 34.7 Å². The molecule has 0 aliphatic heterocycles. The maximum absolute atomic E-state index is 13.6. The highest BCUT2D eigenvalue weighted by atomic mass is 35.5. The number of benzene rings is 1. The average Bonchev–Trinajstić information content (AvgIpc) is 2.83. The molecule has 2 rings (SSSR count). The lowest BCUT2D eigenvalue weighted by atomic mass is 10.3. The van der Waals surface area contributed by atoms with Gasteiger partial charge < -0.3 is 15.5 Å². The van der Waals surface area contributed by atoms with E-state index in [1.807, 2.05) is 0 Å². The zero-order valence-corrected chi connectivity index (χ0v) is 10.00. The first-order chi connectivity index (χ1) is 8.61. The zero-order chi connectivity index (χ0) is 13.1. The molecule has 0 aliphatic rings. The average molecular weight is 269 g/mol. The van der Waals surface area contributed by atoms with Crippen LogP contribution < -0.4 is 11.1 Å². The Bertz CT molecular complexity index is 583. The molecule has 0 fully saturated rings. The molecule has 94 valence electrons. The Labute approximate surface area is 108 Å². The van der Waals surface area contributed by atoms with E-state index in [9.17, 15) is 9.18 Å². The molecule has 0 unspecified atom stereocenters. The van der Waals surface area contributed by atoms with Gasteiger partial charge in [0.25, 0.3) is 5.91 Å². The molecule has 0 saturated heterocycles. The monoisotopic (exact) mass is 268 g/mol. The summed E-state index contributed by atoms with van der Waals surface area (Å²) in [5.41, 5.74) is 5.36. The SMILES string of the molecule is NCc1ccc(C(=O)Nc2cccc(Cl)c2F)o1. The van der Waals surface area contributed by atoms with Gasteiger partial charge in [0.15, 0.2) is 11.6 Å². The topological polar surface area (TPSA) is 68.3 Å². The molecule has 1 amide bonds. The lowest BCUT2D eigenvalue weighted by Gasteiger charge is -2.05. The number of halogens is 2. The molecule has 1 aromatic heterocycles. The number of carbonyl (C=O) groups excluding carboxylic acids is 1. The lowest BCUT2D eigenvalue weighted by molar-refractivity contribution is 0.0994. The third-order valence-corrected chi connectivity index (χ3v) is 2.58. The molecule has 18 heavy (non-hydrogen) atoms. The highest BCUT2D eigenvalue weighted by Crippen LogP contribution is 2.22. The third-order valence-electron chi connectivity index (χ3n) is 2.29. The zero-order valence-electron chi connectivity index (χ0n) is 9.24. The predicted octanol–water partition coefficient (Wildman–Crippen LogP) is 2.78. The van der Waals surface area contributed by atoms with E-state index >= 15 is 0 Å². The number of rotatable bonds is 3. The highest BCUT2D eigenvalue weighted by Gasteiger charge is 2.14. The van der Waals surface area contributed by atoms with Gasteiger partial charge >= 0.3 is 0 Å². The van der Waals surface area contributed by atoms with E-state index < -0.39 is 11.7 Å². The molecule has 0 atom stereocenters. The Kier molecular flexibility index (Phi) is 3.64. The Morgan fingerprint density at radius 3 is 2.83 bits per heavy atom. The van der Waals surface area contributed by atoms with Crippen molar-refractivity contribution in [2.75, 3.05) is 5.32 Å². The highest BCUT2D eigenvalue weighted by molar-refractivity contribution is 6.31. The van der Waals surface area contributed by atoms with E-state index in [1.165, 1.54) is 24.3 Å². The standard InChI is InChI=1S/C12H10ClFN2O2/c13-8-2-1-3-9(11(8)14)16-12(17)10-5-4-7(6-15)18-10/h1-5H,6,15H2,(H,16,17). The summed E-state index contributed by atoms with van der Waals surface area (Å²) in [6.07, 6.45) is 0. The van der Waals surface area contributed by atoms with Gasteiger partial charge in [-0.05, 0) is 24.3 Å². The number of hydrogen-bond donors (Lipinski definition) is 2. The summed E-state index contributed by atoms with van der Waals surface area (Å²) >= 11 is 5.60. The fraction of sp³-hybridized carbons (Fsp3) is 0.0833. The summed E-state index contributed by atoms with van der Waals surface area (Å²) in [5, 5.41) is 2.31. The molecule has 1 aromatic carbocycles. The first kappa shape index (κ1) is 12.6. The minimum Gasteiger partial charge on any atom is -0.455 e. The molecule has 1 heterocycles. The largest absolute Gasteiger partial charge is 0.455 e. The van der Waals surface area contributed by atoms with Crippen molar-refractivity contribution < 1.29 is 13.6 Å². The van der Waals surface area contributed by atoms with Crippen LogP contribution in [0.1, 0.15) is 16.3 Å². The number of hydrogen-bond acceptors (Lipinski definition) is 3. The van der Waals surface area contributed by atoms with Gasteiger partial charge in [0, 0.05) is 0 Å². The second-order valence-corrected chi connectivity index (χ2v) is 3.93. The van der Waals surface area contributed by atoms with Gasteiger partial charge in [0.05, 0.1) is 17.3 Å². The molecule has 0 radical (unpaired) electrons. The molecule has 4 nitrogen and oxygen atoms in total. The van der Waals surface area contributed by atoms with E-state index in [0.717, 1.165) is 0 Å². The second kappa shape index (κ2) is 5.20. The summed E-state index contributed by atoms with van der Waals surface area (Å²) in [6, 6.07) is 7.40. The van der Waals surface area contributed by atoms with E-state index in [2.05, 4.69) is 5.32 Å². The lowest BCUT2D eigenvalue weighted by Crippen LogP contribution is -2.12. The summed E-state index contributed by atoms with van der Waals surface area (Å²) in [6.45, 7) is 0.193. The number of amides is 1. The molecule has 6 heteroatoms. The summed E-state index contributed by atoms with van der Waals surface area (Å²) in [7, 11) is 0. The Balaban J connectivity index is 2.18. The quantitative estimate of drug-likeness (QED) is 0.899. The fourth-order valence-electron chi connectivity index (χ4n) is 1.39. The summed E-state index contributed by atoms with van der Waals surface area (Å²) in [4.78, 5) is 11.8. The normalized spacial score (nSPS) is 10.4. The molecule has 3 N–H and O–H groups in total. The first-order valence-electron chi connectivity index (χ1n) is 5.16. The van der Waals surface area contributed by atoms with Crippen LogP contribution in [0, 0.1) is 5.82 Å². The van der Waals surface area contributed by atoms with Crippen LogP contribution in [0.3, 0.4) is 0 Å². The molecule has 0 spiro atoms. The second-order valence-electron chi connectivity index (χ2n) is 3.53. The molecule has 0 saturated carbocycles. The van der Waals surface area contributed by atoms with Crippen LogP contribution in [-0.2, 0) is 6.54 Å². The number of furan rings is 1. The van der Waals surface area contributed by atoms with E-state index in [1.54, 1.807) is 6.07 Å². The van der Waals surface area contributed by atoms with Crippen LogP contribution in [0.4, 0.5) is 10.1 Å². The summed E-state index contributed by atoms with van der Waals surface area (Å²) < 4.78 is 18.7. The van der Waals surface area contributed by atoms with E-state index in [4.69, 9.17) is 21.8 Å². The van der Waals surface area contributed by atoms with Gasteiger partial charge in [-0.3, -0.25) is 4.79 Å². The van der Waals surface area contributed by atoms with Gasteiger partial charge in [-0.25, -0.2) is 4.39 Å². The van der Waals surface area contributed by atoms with Gasteiger partial charge in [-0.15, -0.1) is 0 Å². The summed E-state index contributed by atoms with van der Waals surface area (Å²) in [5.74, 6) is -0.699. The first-order valence-corrected chi connectivity index (χ1v) is 5.53. The number of anilines is 1. The maximum Gasteiger partial charge on any atom is 0.291 e. The maximum atomic E-state index is 13.6. The predicted molar refractivity (Wildman–Crippen MR) is 66.0 cm³/mol. The minimum atomic E-state index is -0.682. The van der Waals surface area contributed by atoms with Crippen molar-refractivity contribution in [3.63, 3.8) is 0 Å². The molecular formula is C12H10ClFN2O2. The number of carbonyl (C=O) groups is 1. The molecule has 0 aliphatic carbocycles. The molecule has 0 bridgehead atoms. The van der Waals surface area contributed by atoms with Gasteiger partial charge in [-0.1, -0.05) is 17.7 Å². The van der Waals surface area contributed by atoms with E-state index in [0.29, 0.717) is 5.76 Å². The van der Waals surface area contributed by atoms with Crippen LogP contribution in [0.5, 0.6) is 0 Å². The van der Waals surface area contributed by atoms with Crippen molar-refractivity contribution in [2.45, 2.75) is 6.54 Å². The molecule has 2 aromatic rings. The van der Waals surface area contributed by atoms with Gasteiger partial charge in [-0.2, -0.15) is 0 Å². The Hall–Kier alpha value is -1.85. The number of nitrogens with one attached hydrogen (secondary N) is 1. The Morgan fingerprint density at radius 2 is 2.17 bits per heavy atom. The van der Waals surface area contributed by atoms with E-state index in [-0.39, 0.29) is 23.0 Å². The van der Waals surface area contributed by atoms with Crippen molar-refractivity contribution in [3.05, 3.63) is 52.7 Å². The fourth-order valence-corrected chi connectivity index (χ4v) is 1.57. The van der Waals surface area contributed by atoms with Crippen molar-refractivity contribution in [3.8, 4) is 0 Å². The van der Waals surface area contributed by atoms with Crippen LogP contribution in [0.2, 0.25) is 5.02 Å². The third kappa shape index (κ3) is 2.52. The van der Waals surface area contributed by atoms with Crippen LogP contribution in [-0.4, -0.2) is 5.91 Å². The van der Waals surface area contributed by atoms with Crippen molar-refractivity contribution in [2.24, 2.45) is 5.73 Å².